The lowest BCUT2D eigenvalue weighted by Gasteiger charge is -2.29. The van der Waals surface area contributed by atoms with Gasteiger partial charge < -0.3 is 11.5 Å². The van der Waals surface area contributed by atoms with Gasteiger partial charge in [-0.2, -0.15) is 11.8 Å². The number of carbonyl (C=O) groups is 1. The first kappa shape index (κ1) is 7.88. The van der Waals surface area contributed by atoms with Gasteiger partial charge in [0, 0.05) is 0 Å². The fourth-order valence-corrected chi connectivity index (χ4v) is 2.20. The Morgan fingerprint density at radius 3 is 2.20 bits per heavy atom. The zero-order valence-electron chi connectivity index (χ0n) is 5.80. The van der Waals surface area contributed by atoms with Gasteiger partial charge in [0.25, 0.3) is 0 Å². The molecule has 0 aromatic heterocycles. The summed E-state index contributed by atoms with van der Waals surface area (Å²) in [5.74, 6) is 1.56. The molecule has 4 heteroatoms. The molecular formula is C6H12N2OS. The number of primary amides is 1. The molecule has 0 spiro atoms. The zero-order chi connectivity index (χ0) is 7.61. The Morgan fingerprint density at radius 1 is 1.40 bits per heavy atom. The lowest BCUT2D eigenvalue weighted by atomic mass is 9.93. The van der Waals surface area contributed by atoms with Gasteiger partial charge in [0.1, 0.15) is 0 Å². The van der Waals surface area contributed by atoms with Crippen LogP contribution in [0.1, 0.15) is 12.8 Å². The summed E-state index contributed by atoms with van der Waals surface area (Å²) in [4.78, 5) is 10.8. The van der Waals surface area contributed by atoms with Gasteiger partial charge in [-0.25, -0.2) is 0 Å². The fourth-order valence-electron chi connectivity index (χ4n) is 0.982. The first-order chi connectivity index (χ1) is 4.65. The smallest absolute Gasteiger partial charge is 0.237 e. The summed E-state index contributed by atoms with van der Waals surface area (Å²) in [5, 5.41) is 0. The van der Waals surface area contributed by atoms with Crippen LogP contribution in [0.5, 0.6) is 0 Å². The van der Waals surface area contributed by atoms with Crippen LogP contribution < -0.4 is 11.5 Å². The molecule has 10 heavy (non-hydrogen) atoms. The molecule has 0 bridgehead atoms. The Hall–Kier alpha value is -0.220. The highest BCUT2D eigenvalue weighted by Gasteiger charge is 2.33. The van der Waals surface area contributed by atoms with E-state index < -0.39 is 5.54 Å². The van der Waals surface area contributed by atoms with Gasteiger partial charge in [-0.1, -0.05) is 0 Å². The number of hydrogen-bond acceptors (Lipinski definition) is 3. The quantitative estimate of drug-likeness (QED) is 0.553. The largest absolute Gasteiger partial charge is 0.368 e. The summed E-state index contributed by atoms with van der Waals surface area (Å²) < 4.78 is 0. The van der Waals surface area contributed by atoms with E-state index in [2.05, 4.69) is 0 Å². The van der Waals surface area contributed by atoms with E-state index in [1.165, 1.54) is 0 Å². The molecule has 58 valence electrons. The maximum Gasteiger partial charge on any atom is 0.237 e. The maximum absolute atomic E-state index is 10.8. The average molecular weight is 160 g/mol. The highest BCUT2D eigenvalue weighted by molar-refractivity contribution is 7.99. The molecule has 0 aromatic rings. The number of carbonyl (C=O) groups excluding carboxylic acids is 1. The van der Waals surface area contributed by atoms with E-state index in [-0.39, 0.29) is 5.91 Å². The van der Waals surface area contributed by atoms with Crippen LogP contribution in [0.4, 0.5) is 0 Å². The van der Waals surface area contributed by atoms with E-state index in [4.69, 9.17) is 11.5 Å². The molecule has 4 N–H and O–H groups in total. The average Bonchev–Trinajstić information content (AvgIpc) is 1.89. The lowest BCUT2D eigenvalue weighted by Crippen LogP contribution is -2.54. The van der Waals surface area contributed by atoms with Gasteiger partial charge in [0.05, 0.1) is 5.54 Å². The van der Waals surface area contributed by atoms with Gasteiger partial charge in [-0.3, -0.25) is 4.79 Å². The molecule has 0 atom stereocenters. The highest BCUT2D eigenvalue weighted by Crippen LogP contribution is 2.23. The predicted octanol–water partition coefficient (Wildman–Crippen LogP) is -0.304. The van der Waals surface area contributed by atoms with Gasteiger partial charge >= 0.3 is 0 Å². The minimum Gasteiger partial charge on any atom is -0.368 e. The van der Waals surface area contributed by atoms with E-state index >= 15 is 0 Å². The molecule has 0 radical (unpaired) electrons. The third-order valence-electron chi connectivity index (χ3n) is 1.88. The zero-order valence-corrected chi connectivity index (χ0v) is 6.62. The van der Waals surface area contributed by atoms with Gasteiger partial charge in [0.2, 0.25) is 5.91 Å². The van der Waals surface area contributed by atoms with Crippen molar-refractivity contribution in [1.29, 1.82) is 0 Å². The summed E-state index contributed by atoms with van der Waals surface area (Å²) in [6, 6.07) is 0. The third-order valence-corrected chi connectivity index (χ3v) is 2.86. The van der Waals surface area contributed by atoms with E-state index in [1.54, 1.807) is 0 Å². The number of nitrogens with two attached hydrogens (primary N) is 2. The lowest BCUT2D eigenvalue weighted by molar-refractivity contribution is -0.123. The first-order valence-corrected chi connectivity index (χ1v) is 4.47. The summed E-state index contributed by atoms with van der Waals surface area (Å²) >= 11 is 1.83. The van der Waals surface area contributed by atoms with Crippen LogP contribution >= 0.6 is 11.8 Å². The van der Waals surface area contributed by atoms with E-state index in [9.17, 15) is 4.79 Å². The number of amides is 1. The molecule has 1 aliphatic rings. The summed E-state index contributed by atoms with van der Waals surface area (Å²) in [7, 11) is 0. The topological polar surface area (TPSA) is 69.1 Å². The SMILES string of the molecule is NC(=O)C1(N)CCSCC1. The Morgan fingerprint density at radius 2 is 1.90 bits per heavy atom. The van der Waals surface area contributed by atoms with Gasteiger partial charge in [-0.15, -0.1) is 0 Å². The van der Waals surface area contributed by atoms with Crippen molar-refractivity contribution in [2.75, 3.05) is 11.5 Å². The molecule has 1 rings (SSSR count). The Balaban J connectivity index is 2.56. The second-order valence-electron chi connectivity index (χ2n) is 2.63. The van der Waals surface area contributed by atoms with Crippen LogP contribution in [-0.2, 0) is 4.79 Å². The number of rotatable bonds is 1. The van der Waals surface area contributed by atoms with Crippen LogP contribution in [0.3, 0.4) is 0 Å². The van der Waals surface area contributed by atoms with Crippen molar-refractivity contribution in [1.82, 2.24) is 0 Å². The highest BCUT2D eigenvalue weighted by atomic mass is 32.2. The first-order valence-electron chi connectivity index (χ1n) is 3.32. The molecule has 0 unspecified atom stereocenters. The van der Waals surface area contributed by atoms with Crippen LogP contribution in [0.2, 0.25) is 0 Å². The molecule has 0 aliphatic carbocycles. The Kier molecular flexibility index (Phi) is 2.21. The van der Waals surface area contributed by atoms with Crippen LogP contribution in [0.25, 0.3) is 0 Å². The van der Waals surface area contributed by atoms with Gasteiger partial charge in [0.15, 0.2) is 0 Å². The molecule has 1 fully saturated rings. The molecule has 1 heterocycles. The van der Waals surface area contributed by atoms with Crippen molar-refractivity contribution >= 4 is 17.7 Å². The van der Waals surface area contributed by atoms with Crippen LogP contribution in [0, 0.1) is 0 Å². The van der Waals surface area contributed by atoms with Crippen molar-refractivity contribution in [2.24, 2.45) is 11.5 Å². The second-order valence-corrected chi connectivity index (χ2v) is 3.86. The number of thioether (sulfide) groups is 1. The summed E-state index contributed by atoms with van der Waals surface area (Å²) in [5.41, 5.74) is 10.1. The summed E-state index contributed by atoms with van der Waals surface area (Å²) in [6.45, 7) is 0. The maximum atomic E-state index is 10.8. The molecule has 3 nitrogen and oxygen atoms in total. The Labute approximate surface area is 64.5 Å². The molecule has 1 amide bonds. The molecular weight excluding hydrogens is 148 g/mol. The minimum atomic E-state index is -0.703. The van der Waals surface area contributed by atoms with Crippen molar-refractivity contribution < 1.29 is 4.79 Å². The Bertz CT molecular complexity index is 143. The van der Waals surface area contributed by atoms with Crippen molar-refractivity contribution in [3.8, 4) is 0 Å². The van der Waals surface area contributed by atoms with E-state index in [0.717, 1.165) is 24.3 Å². The normalized spacial score (nSPS) is 24.1. The fraction of sp³-hybridized carbons (Fsp3) is 0.833. The monoisotopic (exact) mass is 160 g/mol. The van der Waals surface area contributed by atoms with E-state index in [0.29, 0.717) is 0 Å². The predicted molar refractivity (Wildman–Crippen MR) is 42.7 cm³/mol. The number of hydrogen-bond donors (Lipinski definition) is 2. The standard InChI is InChI=1S/C6H12N2OS/c7-5(9)6(8)1-3-10-4-2-6/h1-4,8H2,(H2,7,9). The molecule has 0 aromatic carbocycles. The molecule has 1 saturated heterocycles. The van der Waals surface area contributed by atoms with Crippen LogP contribution in [-0.4, -0.2) is 23.0 Å². The summed E-state index contributed by atoms with van der Waals surface area (Å²) in [6.07, 6.45) is 1.46. The van der Waals surface area contributed by atoms with Crippen LogP contribution in [0.15, 0.2) is 0 Å². The van der Waals surface area contributed by atoms with E-state index in [1.807, 2.05) is 11.8 Å². The third kappa shape index (κ3) is 1.44. The van der Waals surface area contributed by atoms with Crippen molar-refractivity contribution in [3.63, 3.8) is 0 Å². The molecule has 0 saturated carbocycles. The second kappa shape index (κ2) is 2.80. The van der Waals surface area contributed by atoms with Gasteiger partial charge in [-0.05, 0) is 24.3 Å². The molecule has 1 aliphatic heterocycles. The minimum absolute atomic E-state index is 0.354. The van der Waals surface area contributed by atoms with Crippen molar-refractivity contribution in [3.05, 3.63) is 0 Å². The van der Waals surface area contributed by atoms with Crippen molar-refractivity contribution in [2.45, 2.75) is 18.4 Å².